The Kier molecular flexibility index (Phi) is 5.04. The molecular formula is C33H27NS. The second kappa shape index (κ2) is 8.41. The lowest BCUT2D eigenvalue weighted by Crippen LogP contribution is -2.13. The van der Waals surface area contributed by atoms with E-state index in [-0.39, 0.29) is 0 Å². The molecule has 0 bridgehead atoms. The van der Waals surface area contributed by atoms with Gasteiger partial charge in [0.15, 0.2) is 0 Å². The van der Waals surface area contributed by atoms with Crippen molar-refractivity contribution in [1.82, 2.24) is 0 Å². The Morgan fingerprint density at radius 2 is 1.57 bits per heavy atom. The monoisotopic (exact) mass is 469 g/mol. The van der Waals surface area contributed by atoms with Crippen molar-refractivity contribution >= 4 is 38.9 Å². The topological polar surface area (TPSA) is 26.0 Å². The zero-order valence-electron chi connectivity index (χ0n) is 19.5. The van der Waals surface area contributed by atoms with Gasteiger partial charge in [0.05, 0.1) is 0 Å². The first-order valence-corrected chi connectivity index (χ1v) is 13.4. The van der Waals surface area contributed by atoms with Crippen LogP contribution in [0.2, 0.25) is 0 Å². The van der Waals surface area contributed by atoms with Gasteiger partial charge < -0.3 is 5.73 Å². The Labute approximate surface area is 210 Å². The predicted molar refractivity (Wildman–Crippen MR) is 151 cm³/mol. The van der Waals surface area contributed by atoms with Crippen LogP contribution in [0.1, 0.15) is 29.0 Å². The molecule has 2 N–H and O–H groups in total. The number of thioether (sulfide) groups is 1. The average molecular weight is 470 g/mol. The lowest BCUT2D eigenvalue weighted by atomic mass is 9.80. The summed E-state index contributed by atoms with van der Waals surface area (Å²) in [6, 6.07) is 26.5. The van der Waals surface area contributed by atoms with Gasteiger partial charge in [-0.3, -0.25) is 0 Å². The number of rotatable bonds is 3. The van der Waals surface area contributed by atoms with Crippen LogP contribution in [-0.4, -0.2) is 5.25 Å². The largest absolute Gasteiger partial charge is 0.326 e. The zero-order chi connectivity index (χ0) is 23.4. The highest BCUT2D eigenvalue weighted by atomic mass is 32.2. The summed E-state index contributed by atoms with van der Waals surface area (Å²) in [5.74, 6) is 0.808. The smallest absolute Gasteiger partial charge is 0.0382 e. The number of benzene rings is 4. The molecule has 1 heterocycles. The van der Waals surface area contributed by atoms with Crippen molar-refractivity contribution in [2.45, 2.75) is 29.0 Å². The van der Waals surface area contributed by atoms with E-state index in [4.69, 9.17) is 5.73 Å². The third kappa shape index (κ3) is 3.43. The van der Waals surface area contributed by atoms with Crippen LogP contribution in [0, 0.1) is 5.92 Å². The van der Waals surface area contributed by atoms with Crippen molar-refractivity contribution in [3.8, 4) is 0 Å². The van der Waals surface area contributed by atoms with Crippen LogP contribution in [0.25, 0.3) is 27.1 Å². The minimum Gasteiger partial charge on any atom is -0.326 e. The van der Waals surface area contributed by atoms with E-state index >= 15 is 0 Å². The van der Waals surface area contributed by atoms with Gasteiger partial charge in [0.2, 0.25) is 0 Å². The zero-order valence-corrected chi connectivity index (χ0v) is 20.3. The van der Waals surface area contributed by atoms with Gasteiger partial charge in [-0.15, -0.1) is 11.8 Å². The molecule has 2 aliphatic carbocycles. The first-order valence-electron chi connectivity index (χ1n) is 12.5. The van der Waals surface area contributed by atoms with Crippen LogP contribution < -0.4 is 5.73 Å². The van der Waals surface area contributed by atoms with E-state index < -0.39 is 0 Å². The maximum Gasteiger partial charge on any atom is 0.0382 e. The summed E-state index contributed by atoms with van der Waals surface area (Å²) in [6.07, 6.45) is 15.5. The predicted octanol–water partition coefficient (Wildman–Crippen LogP) is 8.17. The molecule has 0 aromatic heterocycles. The van der Waals surface area contributed by atoms with Crippen LogP contribution in [0.15, 0.2) is 120 Å². The summed E-state index contributed by atoms with van der Waals surface area (Å²) in [6.45, 7) is 0.574. The minimum absolute atomic E-state index is 0.398. The summed E-state index contributed by atoms with van der Waals surface area (Å²) < 4.78 is 0. The fourth-order valence-corrected chi connectivity index (χ4v) is 7.47. The molecule has 1 nitrogen and oxygen atoms in total. The number of hydrogen-bond donors (Lipinski definition) is 1. The molecule has 3 unspecified atom stereocenters. The fraction of sp³-hybridized carbons (Fsp3) is 0.152. The van der Waals surface area contributed by atoms with Crippen LogP contribution in [0.4, 0.5) is 0 Å². The van der Waals surface area contributed by atoms with Crippen LogP contribution in [0.3, 0.4) is 0 Å². The third-order valence-electron chi connectivity index (χ3n) is 7.71. The van der Waals surface area contributed by atoms with Crippen LogP contribution in [-0.2, 0) is 6.54 Å². The summed E-state index contributed by atoms with van der Waals surface area (Å²) >= 11 is 2.04. The number of allylic oxidation sites excluding steroid dienone is 7. The first-order chi connectivity index (χ1) is 17.3. The molecule has 1 aliphatic heterocycles. The molecule has 2 heteroatoms. The maximum atomic E-state index is 5.90. The lowest BCUT2D eigenvalue weighted by molar-refractivity contribution is 0.757. The molecule has 35 heavy (non-hydrogen) atoms. The number of fused-ring (bicyclic) bond motifs is 8. The van der Waals surface area contributed by atoms with Gasteiger partial charge in [0.25, 0.3) is 0 Å². The van der Waals surface area contributed by atoms with Gasteiger partial charge in [-0.1, -0.05) is 103 Å². The van der Waals surface area contributed by atoms with Crippen LogP contribution >= 0.6 is 11.8 Å². The molecule has 170 valence electrons. The van der Waals surface area contributed by atoms with Gasteiger partial charge in [-0.05, 0) is 61.9 Å². The maximum absolute atomic E-state index is 5.90. The average Bonchev–Trinajstić information content (AvgIpc) is 3.33. The standard InChI is InChI=1S/C33H27NS/c34-20-21-7-5-8-22(17-21)23-9-6-10-24(18-23)25-15-16-31-30(19-25)32-28-13-3-1-11-26(28)27-12-2-4-14-29(27)33(32)35-31/h1-9,11-19,24,30-31H,10,20,34H2. The first kappa shape index (κ1) is 21.0. The second-order valence-corrected chi connectivity index (χ2v) is 10.9. The Balaban J connectivity index is 1.32. The SMILES string of the molecule is NCc1cccc(C2=CC(C3=CC4c5c(c6ccccc6c6ccccc56)SC4C=C3)CC=C2)c1. The van der Waals surface area contributed by atoms with Crippen molar-refractivity contribution in [3.63, 3.8) is 0 Å². The Bertz CT molecular complexity index is 1600. The molecule has 0 spiro atoms. The van der Waals surface area contributed by atoms with Gasteiger partial charge in [0, 0.05) is 28.5 Å². The van der Waals surface area contributed by atoms with Gasteiger partial charge in [-0.25, -0.2) is 0 Å². The van der Waals surface area contributed by atoms with E-state index in [1.807, 2.05) is 11.8 Å². The summed E-state index contributed by atoms with van der Waals surface area (Å²) in [4.78, 5) is 1.47. The number of nitrogens with two attached hydrogens (primary N) is 1. The third-order valence-corrected chi connectivity index (χ3v) is 9.11. The van der Waals surface area contributed by atoms with Crippen molar-refractivity contribution < 1.29 is 0 Å². The molecule has 3 aliphatic rings. The molecule has 0 amide bonds. The van der Waals surface area contributed by atoms with E-state index in [2.05, 4.69) is 109 Å². The van der Waals surface area contributed by atoms with E-state index in [0.717, 1.165) is 6.42 Å². The van der Waals surface area contributed by atoms with E-state index in [1.54, 1.807) is 0 Å². The normalized spacial score (nSPS) is 22.7. The van der Waals surface area contributed by atoms with E-state index in [9.17, 15) is 0 Å². The summed E-state index contributed by atoms with van der Waals surface area (Å²) in [5, 5.41) is 6.00. The van der Waals surface area contributed by atoms with E-state index in [1.165, 1.54) is 54.3 Å². The molecule has 4 aromatic carbocycles. The lowest BCUT2D eigenvalue weighted by Gasteiger charge is -2.25. The molecule has 0 saturated heterocycles. The highest BCUT2D eigenvalue weighted by Crippen LogP contribution is 2.55. The molecule has 4 aromatic rings. The molecular weight excluding hydrogens is 442 g/mol. The molecule has 0 fully saturated rings. The van der Waals surface area contributed by atoms with Crippen molar-refractivity contribution in [2.75, 3.05) is 0 Å². The number of hydrogen-bond acceptors (Lipinski definition) is 2. The molecule has 0 radical (unpaired) electrons. The van der Waals surface area contributed by atoms with Gasteiger partial charge >= 0.3 is 0 Å². The fourth-order valence-electron chi connectivity index (χ4n) is 6.01. The quantitative estimate of drug-likeness (QED) is 0.306. The van der Waals surface area contributed by atoms with Crippen LogP contribution in [0.5, 0.6) is 0 Å². The highest BCUT2D eigenvalue weighted by molar-refractivity contribution is 8.00. The molecule has 3 atom stereocenters. The molecule has 0 saturated carbocycles. The summed E-state index contributed by atoms with van der Waals surface area (Å²) in [5.41, 5.74) is 12.6. The van der Waals surface area contributed by atoms with Crippen molar-refractivity contribution in [2.24, 2.45) is 11.7 Å². The van der Waals surface area contributed by atoms with Gasteiger partial charge in [-0.2, -0.15) is 0 Å². The Hall–Kier alpha value is -3.33. The highest BCUT2D eigenvalue weighted by Gasteiger charge is 2.36. The Morgan fingerprint density at radius 1 is 0.800 bits per heavy atom. The summed E-state index contributed by atoms with van der Waals surface area (Å²) in [7, 11) is 0. The molecule has 7 rings (SSSR count). The second-order valence-electron chi connectivity index (χ2n) is 9.74. The van der Waals surface area contributed by atoms with E-state index in [0.29, 0.717) is 23.6 Å². The van der Waals surface area contributed by atoms with Gasteiger partial charge in [0.1, 0.15) is 0 Å². The van der Waals surface area contributed by atoms with Crippen molar-refractivity contribution in [3.05, 3.63) is 132 Å². The van der Waals surface area contributed by atoms with Crippen molar-refractivity contribution in [1.29, 1.82) is 0 Å². The minimum atomic E-state index is 0.398. The Morgan fingerprint density at radius 3 is 2.40 bits per heavy atom.